The molecule has 0 unspecified atom stereocenters. The molecule has 8 heteroatoms. The molecule has 25 heavy (non-hydrogen) atoms. The first-order chi connectivity index (χ1) is 12.0. The van der Waals surface area contributed by atoms with Crippen LogP contribution in [-0.2, 0) is 4.79 Å². The van der Waals surface area contributed by atoms with Gasteiger partial charge in [0.05, 0.1) is 5.69 Å². The lowest BCUT2D eigenvalue weighted by Crippen LogP contribution is -2.52. The Kier molecular flexibility index (Phi) is 6.57. The van der Waals surface area contributed by atoms with Crippen LogP contribution in [0, 0.1) is 17.1 Å². The molecule has 0 spiro atoms. The molecule has 1 aromatic carbocycles. The predicted octanol–water partition coefficient (Wildman–Crippen LogP) is 1.42. The van der Waals surface area contributed by atoms with Gasteiger partial charge in [0, 0.05) is 39.1 Å². The number of hydrogen-bond donors (Lipinski definition) is 3. The Balaban J connectivity index is 1.76. The Bertz CT molecular complexity index is 673. The third-order valence-electron chi connectivity index (χ3n) is 3.96. The Labute approximate surface area is 146 Å². The quantitative estimate of drug-likeness (QED) is 0.702. The highest BCUT2D eigenvalue weighted by molar-refractivity contribution is 5.75. The van der Waals surface area contributed by atoms with Crippen LogP contribution in [0.25, 0.3) is 0 Å². The van der Waals surface area contributed by atoms with E-state index in [-0.39, 0.29) is 23.5 Å². The number of nitrogens with zero attached hydrogens (tertiary/aromatic N) is 2. The van der Waals surface area contributed by atoms with E-state index < -0.39 is 5.82 Å². The van der Waals surface area contributed by atoms with Crippen molar-refractivity contribution in [3.63, 3.8) is 0 Å². The third kappa shape index (κ3) is 5.35. The van der Waals surface area contributed by atoms with Crippen molar-refractivity contribution in [2.75, 3.05) is 31.5 Å². The molecule has 1 saturated heterocycles. The normalized spacial score (nSPS) is 16.7. The fourth-order valence-electron chi connectivity index (χ4n) is 2.83. The van der Waals surface area contributed by atoms with Crippen LogP contribution in [0.2, 0.25) is 0 Å². The monoisotopic (exact) mass is 347 g/mol. The van der Waals surface area contributed by atoms with Gasteiger partial charge >= 0.3 is 6.03 Å². The van der Waals surface area contributed by atoms with E-state index in [9.17, 15) is 14.0 Å². The zero-order valence-corrected chi connectivity index (χ0v) is 14.1. The smallest absolute Gasteiger partial charge is 0.317 e. The van der Waals surface area contributed by atoms with Gasteiger partial charge in [0.15, 0.2) is 0 Å². The molecule has 0 aromatic heterocycles. The highest BCUT2D eigenvalue weighted by Crippen LogP contribution is 2.17. The van der Waals surface area contributed by atoms with E-state index in [1.165, 1.54) is 19.1 Å². The minimum absolute atomic E-state index is 0.0133. The van der Waals surface area contributed by atoms with Gasteiger partial charge in [-0.15, -0.1) is 0 Å². The number of carbonyl (C=O) groups is 2. The molecule has 0 aliphatic carbocycles. The largest absolute Gasteiger partial charge is 0.382 e. The second-order valence-electron chi connectivity index (χ2n) is 5.92. The van der Waals surface area contributed by atoms with E-state index in [0.717, 1.165) is 12.8 Å². The molecule has 134 valence electrons. The molecule has 7 nitrogen and oxygen atoms in total. The lowest BCUT2D eigenvalue weighted by atomic mass is 10.1. The van der Waals surface area contributed by atoms with Gasteiger partial charge in [0.25, 0.3) is 0 Å². The molecule has 3 N–H and O–H groups in total. The molecule has 1 heterocycles. The third-order valence-corrected chi connectivity index (χ3v) is 3.96. The summed E-state index contributed by atoms with van der Waals surface area (Å²) in [4.78, 5) is 25.0. The summed E-state index contributed by atoms with van der Waals surface area (Å²) in [6.07, 6.45) is 1.70. The number of likely N-dealkylation sites (tertiary alicyclic amines) is 1. The number of benzene rings is 1. The van der Waals surface area contributed by atoms with Crippen molar-refractivity contribution in [3.8, 4) is 6.07 Å². The minimum Gasteiger partial charge on any atom is -0.382 e. The summed E-state index contributed by atoms with van der Waals surface area (Å²) in [7, 11) is 0. The minimum atomic E-state index is -0.575. The number of urea groups is 1. The van der Waals surface area contributed by atoms with Crippen LogP contribution in [0.15, 0.2) is 18.2 Å². The highest BCUT2D eigenvalue weighted by Gasteiger charge is 2.23. The Morgan fingerprint density at radius 1 is 1.40 bits per heavy atom. The second-order valence-corrected chi connectivity index (χ2v) is 5.92. The van der Waals surface area contributed by atoms with E-state index in [1.807, 2.05) is 6.07 Å². The first-order valence-electron chi connectivity index (χ1n) is 8.23. The van der Waals surface area contributed by atoms with Gasteiger partial charge in [-0.2, -0.15) is 5.26 Å². The lowest BCUT2D eigenvalue weighted by molar-refractivity contribution is -0.119. The summed E-state index contributed by atoms with van der Waals surface area (Å²) in [5.41, 5.74) is 0.364. The van der Waals surface area contributed by atoms with Crippen LogP contribution < -0.4 is 16.0 Å². The van der Waals surface area contributed by atoms with Crippen molar-refractivity contribution >= 4 is 17.6 Å². The lowest BCUT2D eigenvalue weighted by Gasteiger charge is -2.33. The SMILES string of the molecule is CC(=O)N[C@@H]1CCCN(C(=O)NCCNc2cccc(F)c2C#N)C1. The molecule has 1 aliphatic heterocycles. The summed E-state index contributed by atoms with van der Waals surface area (Å²) < 4.78 is 13.5. The number of anilines is 1. The van der Waals surface area contributed by atoms with Crippen molar-refractivity contribution in [2.24, 2.45) is 0 Å². The second kappa shape index (κ2) is 8.87. The number of amides is 3. The van der Waals surface area contributed by atoms with Crippen molar-refractivity contribution in [3.05, 3.63) is 29.6 Å². The predicted molar refractivity (Wildman–Crippen MR) is 91.4 cm³/mol. The van der Waals surface area contributed by atoms with E-state index in [0.29, 0.717) is 31.9 Å². The Morgan fingerprint density at radius 3 is 2.92 bits per heavy atom. The average molecular weight is 347 g/mol. The Hall–Kier alpha value is -2.82. The van der Waals surface area contributed by atoms with Crippen LogP contribution in [0.3, 0.4) is 0 Å². The van der Waals surface area contributed by atoms with E-state index in [2.05, 4.69) is 16.0 Å². The van der Waals surface area contributed by atoms with E-state index in [4.69, 9.17) is 5.26 Å². The zero-order valence-electron chi connectivity index (χ0n) is 14.1. The molecule has 0 radical (unpaired) electrons. The number of carbonyl (C=O) groups excluding carboxylic acids is 2. The summed E-state index contributed by atoms with van der Waals surface area (Å²) in [6.45, 7) is 3.31. The molecular weight excluding hydrogens is 325 g/mol. The maximum atomic E-state index is 13.5. The van der Waals surface area contributed by atoms with Gasteiger partial charge in [-0.05, 0) is 25.0 Å². The molecule has 1 atom stereocenters. The maximum absolute atomic E-state index is 13.5. The molecule has 1 aromatic rings. The number of nitrogens with one attached hydrogen (secondary N) is 3. The van der Waals surface area contributed by atoms with Gasteiger partial charge in [0.2, 0.25) is 5.91 Å². The van der Waals surface area contributed by atoms with Gasteiger partial charge in [0.1, 0.15) is 17.4 Å². The van der Waals surface area contributed by atoms with Gasteiger partial charge in [-0.3, -0.25) is 4.79 Å². The van der Waals surface area contributed by atoms with Crippen molar-refractivity contribution in [1.82, 2.24) is 15.5 Å². The number of rotatable bonds is 5. The molecule has 2 rings (SSSR count). The van der Waals surface area contributed by atoms with Crippen molar-refractivity contribution in [2.45, 2.75) is 25.8 Å². The van der Waals surface area contributed by atoms with Gasteiger partial charge in [-0.1, -0.05) is 6.07 Å². The summed E-state index contributed by atoms with van der Waals surface area (Å²) in [6, 6.07) is 5.97. The number of halogens is 1. The maximum Gasteiger partial charge on any atom is 0.317 e. The fraction of sp³-hybridized carbons (Fsp3) is 0.471. The first-order valence-corrected chi connectivity index (χ1v) is 8.23. The zero-order chi connectivity index (χ0) is 18.2. The number of piperidine rings is 1. The Morgan fingerprint density at radius 2 is 2.20 bits per heavy atom. The van der Waals surface area contributed by atoms with Crippen LogP contribution in [-0.4, -0.2) is 49.1 Å². The van der Waals surface area contributed by atoms with Gasteiger partial charge in [-0.25, -0.2) is 9.18 Å². The fourth-order valence-corrected chi connectivity index (χ4v) is 2.83. The number of hydrogen-bond acceptors (Lipinski definition) is 4. The molecule has 0 saturated carbocycles. The van der Waals surface area contributed by atoms with Crippen LogP contribution in [0.4, 0.5) is 14.9 Å². The van der Waals surface area contributed by atoms with Crippen LogP contribution >= 0.6 is 0 Å². The molecule has 1 fully saturated rings. The summed E-state index contributed by atoms with van der Waals surface area (Å²) >= 11 is 0. The van der Waals surface area contributed by atoms with Crippen LogP contribution in [0.1, 0.15) is 25.3 Å². The first kappa shape index (κ1) is 18.5. The van der Waals surface area contributed by atoms with Gasteiger partial charge < -0.3 is 20.9 Å². The standard InChI is InChI=1S/C17H22FN5O2/c1-12(24)22-13-4-3-9-23(11-13)17(25)21-8-7-20-16-6-2-5-15(18)14(16)10-19/h2,5-6,13,20H,3-4,7-9,11H2,1H3,(H,21,25)(H,22,24)/t13-/m1/s1. The average Bonchev–Trinajstić information content (AvgIpc) is 2.58. The topological polar surface area (TPSA) is 97.3 Å². The highest BCUT2D eigenvalue weighted by atomic mass is 19.1. The summed E-state index contributed by atoms with van der Waals surface area (Å²) in [5.74, 6) is -0.672. The van der Waals surface area contributed by atoms with Crippen LogP contribution in [0.5, 0.6) is 0 Å². The molecule has 3 amide bonds. The van der Waals surface area contributed by atoms with Crippen molar-refractivity contribution < 1.29 is 14.0 Å². The molecule has 1 aliphatic rings. The summed E-state index contributed by atoms with van der Waals surface area (Å²) in [5, 5.41) is 17.5. The van der Waals surface area contributed by atoms with E-state index >= 15 is 0 Å². The van der Waals surface area contributed by atoms with Crippen molar-refractivity contribution in [1.29, 1.82) is 5.26 Å². The molecular formula is C17H22FN5O2. The molecule has 0 bridgehead atoms. The number of nitriles is 1. The van der Waals surface area contributed by atoms with E-state index in [1.54, 1.807) is 11.0 Å².